The molecule has 6 heteroatoms. The maximum Gasteiger partial charge on any atom is 0.248 e. The molecule has 2 aromatic rings. The SMILES string of the molecule is CC(=O)N1Nc2nncn2-c2ccccc21. The number of hydrazine groups is 1. The van der Waals surface area contributed by atoms with Gasteiger partial charge in [-0.2, -0.15) is 0 Å². The summed E-state index contributed by atoms with van der Waals surface area (Å²) in [7, 11) is 0. The highest BCUT2D eigenvalue weighted by molar-refractivity contribution is 5.96. The zero-order valence-electron chi connectivity index (χ0n) is 8.58. The third-order valence-electron chi connectivity index (χ3n) is 2.46. The fraction of sp³-hybridized carbons (Fsp3) is 0.100. The topological polar surface area (TPSA) is 63.1 Å². The first-order chi connectivity index (χ1) is 7.77. The van der Waals surface area contributed by atoms with Gasteiger partial charge in [0.25, 0.3) is 0 Å². The van der Waals surface area contributed by atoms with E-state index in [0.717, 1.165) is 11.4 Å². The summed E-state index contributed by atoms with van der Waals surface area (Å²) in [6, 6.07) is 7.57. The van der Waals surface area contributed by atoms with Gasteiger partial charge in [-0.25, -0.2) is 5.01 Å². The normalized spacial score (nSPS) is 12.7. The molecule has 1 amide bonds. The van der Waals surface area contributed by atoms with Gasteiger partial charge in [0, 0.05) is 6.92 Å². The number of anilines is 2. The highest BCUT2D eigenvalue weighted by Gasteiger charge is 2.24. The lowest BCUT2D eigenvalue weighted by Crippen LogP contribution is -2.38. The molecular formula is C10H9N5O. The molecule has 2 heterocycles. The van der Waals surface area contributed by atoms with Crippen LogP contribution in [-0.2, 0) is 4.79 Å². The van der Waals surface area contributed by atoms with Gasteiger partial charge in [-0.1, -0.05) is 12.1 Å². The second-order valence-electron chi connectivity index (χ2n) is 3.48. The number of nitrogens with one attached hydrogen (secondary N) is 1. The molecule has 0 saturated heterocycles. The highest BCUT2D eigenvalue weighted by atomic mass is 16.2. The van der Waals surface area contributed by atoms with E-state index in [4.69, 9.17) is 0 Å². The van der Waals surface area contributed by atoms with Gasteiger partial charge in [-0.3, -0.25) is 14.8 Å². The number of aromatic nitrogens is 3. The molecule has 16 heavy (non-hydrogen) atoms. The number of hydrogen-bond donors (Lipinski definition) is 1. The van der Waals surface area contributed by atoms with Crippen LogP contribution in [0.25, 0.3) is 5.69 Å². The maximum atomic E-state index is 11.5. The molecule has 0 unspecified atom stereocenters. The number of hydrogen-bond acceptors (Lipinski definition) is 4. The Morgan fingerprint density at radius 1 is 1.31 bits per heavy atom. The molecule has 3 rings (SSSR count). The summed E-state index contributed by atoms with van der Waals surface area (Å²) < 4.78 is 1.80. The first-order valence-electron chi connectivity index (χ1n) is 4.84. The monoisotopic (exact) mass is 215 g/mol. The van der Waals surface area contributed by atoms with Crippen molar-refractivity contribution in [3.63, 3.8) is 0 Å². The van der Waals surface area contributed by atoms with Crippen LogP contribution in [0.2, 0.25) is 0 Å². The summed E-state index contributed by atoms with van der Waals surface area (Å²) in [5.41, 5.74) is 4.59. The number of fused-ring (bicyclic) bond motifs is 3. The molecular weight excluding hydrogens is 206 g/mol. The van der Waals surface area contributed by atoms with Crippen LogP contribution in [0.15, 0.2) is 30.6 Å². The quantitative estimate of drug-likeness (QED) is 0.711. The third kappa shape index (κ3) is 1.10. The number of rotatable bonds is 0. The molecule has 0 atom stereocenters. The van der Waals surface area contributed by atoms with Gasteiger partial charge in [0.2, 0.25) is 11.9 Å². The van der Waals surface area contributed by atoms with Crippen LogP contribution < -0.4 is 10.4 Å². The van der Waals surface area contributed by atoms with E-state index in [2.05, 4.69) is 15.6 Å². The summed E-state index contributed by atoms with van der Waals surface area (Å²) in [4.78, 5) is 11.5. The van der Waals surface area contributed by atoms with Crippen molar-refractivity contribution >= 4 is 17.5 Å². The second kappa shape index (κ2) is 3.06. The fourth-order valence-corrected chi connectivity index (χ4v) is 1.75. The average Bonchev–Trinajstić information content (AvgIpc) is 2.75. The number of amides is 1. The van der Waals surface area contributed by atoms with Gasteiger partial charge in [-0.15, -0.1) is 10.2 Å². The predicted octanol–water partition coefficient (Wildman–Crippen LogP) is 0.961. The second-order valence-corrected chi connectivity index (χ2v) is 3.48. The Labute approximate surface area is 91.5 Å². The van der Waals surface area contributed by atoms with Gasteiger partial charge >= 0.3 is 0 Å². The average molecular weight is 215 g/mol. The Balaban J connectivity index is 2.25. The van der Waals surface area contributed by atoms with E-state index >= 15 is 0 Å². The van der Waals surface area contributed by atoms with E-state index < -0.39 is 0 Å². The predicted molar refractivity (Wildman–Crippen MR) is 58.1 cm³/mol. The smallest absolute Gasteiger partial charge is 0.248 e. The van der Waals surface area contributed by atoms with E-state index in [0.29, 0.717) is 5.95 Å². The fourth-order valence-electron chi connectivity index (χ4n) is 1.75. The standard InChI is InChI=1S/C10H9N5O/c1-7(16)15-9-5-3-2-4-8(9)14-6-11-12-10(14)13-15/h2-6H,1H3,(H,12,13). The van der Waals surface area contributed by atoms with Gasteiger partial charge in [0.05, 0.1) is 11.4 Å². The van der Waals surface area contributed by atoms with Gasteiger partial charge in [0.15, 0.2) is 0 Å². The maximum absolute atomic E-state index is 11.5. The van der Waals surface area contributed by atoms with Crippen molar-refractivity contribution in [3.05, 3.63) is 30.6 Å². The number of carbonyl (C=O) groups excluding carboxylic acids is 1. The van der Waals surface area contributed by atoms with Crippen LogP contribution in [0.3, 0.4) is 0 Å². The van der Waals surface area contributed by atoms with Gasteiger partial charge in [0.1, 0.15) is 6.33 Å². The van der Waals surface area contributed by atoms with Crippen molar-refractivity contribution < 1.29 is 4.79 Å². The lowest BCUT2D eigenvalue weighted by molar-refractivity contribution is -0.116. The Morgan fingerprint density at radius 3 is 2.81 bits per heavy atom. The number of para-hydroxylation sites is 2. The summed E-state index contributed by atoms with van der Waals surface area (Å²) >= 11 is 0. The van der Waals surface area contributed by atoms with Gasteiger partial charge in [-0.05, 0) is 12.1 Å². The lowest BCUT2D eigenvalue weighted by Gasteiger charge is -2.29. The molecule has 1 aromatic heterocycles. The number of nitrogens with zero attached hydrogens (tertiary/aromatic N) is 4. The van der Waals surface area contributed by atoms with E-state index in [1.165, 1.54) is 11.9 Å². The zero-order valence-corrected chi connectivity index (χ0v) is 8.58. The van der Waals surface area contributed by atoms with Crippen LogP contribution in [-0.4, -0.2) is 20.7 Å². The molecule has 0 saturated carbocycles. The molecule has 1 aliphatic heterocycles. The molecule has 0 radical (unpaired) electrons. The van der Waals surface area contributed by atoms with Crippen LogP contribution in [0.4, 0.5) is 11.6 Å². The molecule has 1 N–H and O–H groups in total. The van der Waals surface area contributed by atoms with Crippen LogP contribution in [0.1, 0.15) is 6.92 Å². The minimum atomic E-state index is -0.0956. The van der Waals surface area contributed by atoms with E-state index in [9.17, 15) is 4.79 Å². The van der Waals surface area contributed by atoms with Crippen LogP contribution >= 0.6 is 0 Å². The van der Waals surface area contributed by atoms with Crippen molar-refractivity contribution in [1.29, 1.82) is 0 Å². The summed E-state index contributed by atoms with van der Waals surface area (Å²) in [5, 5.41) is 9.16. The van der Waals surface area contributed by atoms with Crippen LogP contribution in [0, 0.1) is 0 Å². The molecule has 6 nitrogen and oxygen atoms in total. The Bertz CT molecular complexity index is 562. The van der Waals surface area contributed by atoms with E-state index in [1.807, 2.05) is 24.3 Å². The largest absolute Gasteiger partial charge is 0.273 e. The summed E-state index contributed by atoms with van der Waals surface area (Å²) in [6.07, 6.45) is 1.61. The Hall–Kier alpha value is -2.37. The molecule has 1 aliphatic rings. The first kappa shape index (κ1) is 8.90. The van der Waals surface area contributed by atoms with Crippen molar-refractivity contribution in [2.45, 2.75) is 6.92 Å². The number of benzene rings is 1. The molecule has 0 fully saturated rings. The van der Waals surface area contributed by atoms with Gasteiger partial charge < -0.3 is 0 Å². The Morgan fingerprint density at radius 2 is 2.06 bits per heavy atom. The molecule has 80 valence electrons. The van der Waals surface area contributed by atoms with Crippen molar-refractivity contribution in [1.82, 2.24) is 14.8 Å². The van der Waals surface area contributed by atoms with Crippen molar-refractivity contribution in [2.24, 2.45) is 0 Å². The summed E-state index contributed by atoms with van der Waals surface area (Å²) in [6.45, 7) is 1.50. The first-order valence-corrected chi connectivity index (χ1v) is 4.84. The van der Waals surface area contributed by atoms with Crippen molar-refractivity contribution in [2.75, 3.05) is 10.4 Å². The molecule has 0 spiro atoms. The Kier molecular flexibility index (Phi) is 1.70. The highest BCUT2D eigenvalue weighted by Crippen LogP contribution is 2.30. The van der Waals surface area contributed by atoms with Crippen LogP contribution in [0.5, 0.6) is 0 Å². The molecule has 0 bridgehead atoms. The minimum Gasteiger partial charge on any atom is -0.273 e. The molecule has 0 aliphatic carbocycles. The minimum absolute atomic E-state index is 0.0956. The molecule has 1 aromatic carbocycles. The van der Waals surface area contributed by atoms with E-state index in [1.54, 1.807) is 10.9 Å². The van der Waals surface area contributed by atoms with E-state index in [-0.39, 0.29) is 5.91 Å². The third-order valence-corrected chi connectivity index (χ3v) is 2.46. The lowest BCUT2D eigenvalue weighted by atomic mass is 10.2. The summed E-state index contributed by atoms with van der Waals surface area (Å²) in [5.74, 6) is 0.440. The van der Waals surface area contributed by atoms with Crippen molar-refractivity contribution in [3.8, 4) is 5.69 Å². The zero-order chi connectivity index (χ0) is 11.1. The number of carbonyl (C=O) groups is 1.